The predicted octanol–water partition coefficient (Wildman–Crippen LogP) is 3.69. The molecule has 2 heterocycles. The van der Waals surface area contributed by atoms with Crippen molar-refractivity contribution in [3.05, 3.63) is 59.8 Å². The van der Waals surface area contributed by atoms with Crippen molar-refractivity contribution in [2.75, 3.05) is 46.1 Å². The number of pyridine rings is 1. The number of nitrogens with zero attached hydrogens (tertiary/aromatic N) is 4. The van der Waals surface area contributed by atoms with Crippen LogP contribution in [-0.4, -0.2) is 83.8 Å². The third kappa shape index (κ3) is 5.24. The number of anilines is 1. The molecule has 3 aliphatic rings. The second kappa shape index (κ2) is 11.0. The first-order valence-corrected chi connectivity index (χ1v) is 14.0. The lowest BCUT2D eigenvalue weighted by Crippen LogP contribution is -2.56. The van der Waals surface area contributed by atoms with E-state index in [1.54, 1.807) is 24.1 Å². The minimum atomic E-state index is -0.285. The molecule has 4 amide bonds. The highest BCUT2D eigenvalue weighted by molar-refractivity contribution is 5.96. The fraction of sp³-hybridized carbons (Fsp3) is 0.533. The summed E-state index contributed by atoms with van der Waals surface area (Å²) in [5.41, 5.74) is 1.43. The van der Waals surface area contributed by atoms with E-state index in [1.807, 2.05) is 0 Å². The van der Waals surface area contributed by atoms with E-state index in [2.05, 4.69) is 69.8 Å². The summed E-state index contributed by atoms with van der Waals surface area (Å²) in [6.45, 7) is 1.32. The van der Waals surface area contributed by atoms with Gasteiger partial charge in [-0.25, -0.2) is 9.78 Å². The zero-order valence-corrected chi connectivity index (χ0v) is 23.3. The summed E-state index contributed by atoms with van der Waals surface area (Å²) < 4.78 is 0. The first-order valence-electron chi connectivity index (χ1n) is 14.0. The minimum Gasteiger partial charge on any atom is -0.355 e. The van der Waals surface area contributed by atoms with Crippen LogP contribution in [0.5, 0.6) is 0 Å². The number of hydrogen-bond acceptors (Lipinski definition) is 5. The molecule has 2 aromatic rings. The van der Waals surface area contributed by atoms with Crippen LogP contribution in [0.1, 0.15) is 60.9 Å². The fourth-order valence-corrected chi connectivity index (χ4v) is 6.61. The third-order valence-corrected chi connectivity index (χ3v) is 9.25. The quantitative estimate of drug-likeness (QED) is 0.541. The van der Waals surface area contributed by atoms with Crippen molar-refractivity contribution in [3.63, 3.8) is 0 Å². The van der Waals surface area contributed by atoms with Crippen molar-refractivity contribution in [2.45, 2.75) is 56.0 Å². The van der Waals surface area contributed by atoms with Crippen LogP contribution in [-0.2, 0) is 10.3 Å². The predicted molar refractivity (Wildman–Crippen MR) is 150 cm³/mol. The minimum absolute atomic E-state index is 0.0157. The van der Waals surface area contributed by atoms with Gasteiger partial charge in [-0.15, -0.1) is 0 Å². The first kappa shape index (κ1) is 27.1. The van der Waals surface area contributed by atoms with Gasteiger partial charge in [0.05, 0.1) is 11.1 Å². The Labute approximate surface area is 230 Å². The lowest BCUT2D eigenvalue weighted by Gasteiger charge is -2.51. The van der Waals surface area contributed by atoms with Crippen LogP contribution in [0.4, 0.5) is 10.6 Å². The fourth-order valence-electron chi connectivity index (χ4n) is 6.61. The molecule has 3 fully saturated rings. The largest absolute Gasteiger partial charge is 0.355 e. The summed E-state index contributed by atoms with van der Waals surface area (Å²) in [7, 11) is 5.87. The van der Waals surface area contributed by atoms with E-state index in [1.165, 1.54) is 31.0 Å². The average Bonchev–Trinajstić information content (AvgIpc) is 3.16. The molecule has 1 spiro atoms. The van der Waals surface area contributed by atoms with E-state index in [0.717, 1.165) is 32.2 Å². The summed E-state index contributed by atoms with van der Waals surface area (Å²) in [6, 6.07) is 13.9. The molecule has 0 unspecified atom stereocenters. The maximum atomic E-state index is 13.8. The standard InChI is InChI=1S/C30H40N6O3/c1-31-27(38)23-12-13-25(32-18-23)33-26(37)20-35-21-29(36(28(35)39)19-22-8-7-9-22)14-16-30(17-15-29,34(2)3)24-10-5-4-6-11-24/h4-6,10-13,18,22H,7-9,14-17,19-21H2,1-3H3,(H,31,38)(H,32,33,37). The highest BCUT2D eigenvalue weighted by Gasteiger charge is 2.55. The van der Waals surface area contributed by atoms with Crippen molar-refractivity contribution in [1.82, 2.24) is 25.0 Å². The van der Waals surface area contributed by atoms with Crippen LogP contribution < -0.4 is 10.6 Å². The normalized spacial score (nSPS) is 25.2. The Hall–Kier alpha value is -3.46. The molecule has 2 aliphatic carbocycles. The Kier molecular flexibility index (Phi) is 7.62. The molecular weight excluding hydrogens is 492 g/mol. The van der Waals surface area contributed by atoms with Gasteiger partial charge in [0.2, 0.25) is 5.91 Å². The molecule has 0 bridgehead atoms. The van der Waals surface area contributed by atoms with E-state index < -0.39 is 0 Å². The smallest absolute Gasteiger partial charge is 0.321 e. The van der Waals surface area contributed by atoms with Gasteiger partial charge in [-0.05, 0) is 76.2 Å². The maximum absolute atomic E-state index is 13.8. The van der Waals surface area contributed by atoms with Crippen molar-refractivity contribution >= 4 is 23.7 Å². The summed E-state index contributed by atoms with van der Waals surface area (Å²) in [5, 5.41) is 5.34. The summed E-state index contributed by atoms with van der Waals surface area (Å²) in [4.78, 5) is 48.9. The van der Waals surface area contributed by atoms with Gasteiger partial charge < -0.3 is 20.4 Å². The highest BCUT2D eigenvalue weighted by Crippen LogP contribution is 2.49. The molecular formula is C30H40N6O3. The number of nitrogens with one attached hydrogen (secondary N) is 2. The van der Waals surface area contributed by atoms with E-state index in [4.69, 9.17) is 0 Å². The zero-order chi connectivity index (χ0) is 27.6. The Morgan fingerprint density at radius 2 is 1.77 bits per heavy atom. The lowest BCUT2D eigenvalue weighted by atomic mass is 9.68. The molecule has 5 rings (SSSR count). The third-order valence-electron chi connectivity index (χ3n) is 9.25. The first-order chi connectivity index (χ1) is 18.8. The lowest BCUT2D eigenvalue weighted by molar-refractivity contribution is -0.116. The molecule has 9 heteroatoms. The van der Waals surface area contributed by atoms with Crippen LogP contribution in [0.3, 0.4) is 0 Å². The van der Waals surface area contributed by atoms with Crippen LogP contribution in [0, 0.1) is 5.92 Å². The Morgan fingerprint density at radius 1 is 1.05 bits per heavy atom. The van der Waals surface area contributed by atoms with Crippen LogP contribution >= 0.6 is 0 Å². The molecule has 1 saturated heterocycles. The molecule has 0 atom stereocenters. The second-order valence-corrected chi connectivity index (χ2v) is 11.6. The Morgan fingerprint density at radius 3 is 2.33 bits per heavy atom. The SMILES string of the molecule is CNC(=O)c1ccc(NC(=O)CN2CC3(CCC(c4ccccc4)(N(C)C)CC3)N(CC3CCC3)C2=O)nc1. The topological polar surface area (TPSA) is 97.9 Å². The number of hydrogen-bond donors (Lipinski definition) is 2. The van der Waals surface area contributed by atoms with Crippen molar-refractivity contribution < 1.29 is 14.4 Å². The average molecular weight is 533 g/mol. The summed E-state index contributed by atoms with van der Waals surface area (Å²) in [5.74, 6) is 0.388. The van der Waals surface area contributed by atoms with Gasteiger partial charge in [0, 0.05) is 31.9 Å². The molecule has 1 aromatic carbocycles. The number of amides is 4. The van der Waals surface area contributed by atoms with Gasteiger partial charge in [-0.2, -0.15) is 0 Å². The van der Waals surface area contributed by atoms with E-state index in [-0.39, 0.29) is 35.5 Å². The molecule has 1 aliphatic heterocycles. The van der Waals surface area contributed by atoms with Gasteiger partial charge in [0.1, 0.15) is 12.4 Å². The number of carbonyl (C=O) groups is 3. The number of benzene rings is 1. The van der Waals surface area contributed by atoms with Gasteiger partial charge in [0.15, 0.2) is 0 Å². The summed E-state index contributed by atoms with van der Waals surface area (Å²) in [6.07, 6.45) is 8.72. The molecule has 0 radical (unpaired) electrons. The molecule has 39 heavy (non-hydrogen) atoms. The maximum Gasteiger partial charge on any atom is 0.321 e. The van der Waals surface area contributed by atoms with E-state index in [0.29, 0.717) is 23.8 Å². The monoisotopic (exact) mass is 532 g/mol. The van der Waals surface area contributed by atoms with Crippen LogP contribution in [0.25, 0.3) is 0 Å². The van der Waals surface area contributed by atoms with Gasteiger partial charge >= 0.3 is 6.03 Å². The number of aromatic nitrogens is 1. The molecule has 2 N–H and O–H groups in total. The van der Waals surface area contributed by atoms with Gasteiger partial charge in [-0.1, -0.05) is 36.8 Å². The molecule has 1 aromatic heterocycles. The van der Waals surface area contributed by atoms with Gasteiger partial charge in [-0.3, -0.25) is 14.5 Å². The van der Waals surface area contributed by atoms with Crippen LogP contribution in [0.2, 0.25) is 0 Å². The zero-order valence-electron chi connectivity index (χ0n) is 23.3. The van der Waals surface area contributed by atoms with Crippen LogP contribution in [0.15, 0.2) is 48.7 Å². The van der Waals surface area contributed by atoms with Crippen molar-refractivity contribution in [2.24, 2.45) is 5.92 Å². The van der Waals surface area contributed by atoms with Crippen molar-refractivity contribution in [3.8, 4) is 0 Å². The highest BCUT2D eigenvalue weighted by atomic mass is 16.2. The molecule has 2 saturated carbocycles. The Balaban J connectivity index is 1.30. The second-order valence-electron chi connectivity index (χ2n) is 11.6. The summed E-state index contributed by atoms with van der Waals surface area (Å²) >= 11 is 0. The number of carbonyl (C=O) groups excluding carboxylic acids is 3. The van der Waals surface area contributed by atoms with Crippen molar-refractivity contribution in [1.29, 1.82) is 0 Å². The van der Waals surface area contributed by atoms with Gasteiger partial charge in [0.25, 0.3) is 5.91 Å². The molecule has 9 nitrogen and oxygen atoms in total. The molecule has 208 valence electrons. The number of urea groups is 1. The van der Waals surface area contributed by atoms with E-state index >= 15 is 0 Å². The van der Waals surface area contributed by atoms with E-state index in [9.17, 15) is 14.4 Å². The number of rotatable bonds is 8. The Bertz CT molecular complexity index is 1190.